The predicted molar refractivity (Wildman–Crippen MR) is 112 cm³/mol. The lowest BCUT2D eigenvalue weighted by Crippen LogP contribution is -2.47. The van der Waals surface area contributed by atoms with Crippen molar-refractivity contribution in [2.45, 2.75) is 50.4 Å². The van der Waals surface area contributed by atoms with E-state index in [0.717, 1.165) is 11.3 Å². The third kappa shape index (κ3) is 3.55. The Balaban J connectivity index is 1.64. The predicted octanol–water partition coefficient (Wildman–Crippen LogP) is 2.21. The Hall–Kier alpha value is -2.23. The summed E-state index contributed by atoms with van der Waals surface area (Å²) in [4.78, 5) is 9.40. The van der Waals surface area contributed by atoms with Crippen LogP contribution >= 0.6 is 11.6 Å². The molecule has 0 aliphatic carbocycles. The third-order valence-electron chi connectivity index (χ3n) is 5.55. The zero-order chi connectivity index (χ0) is 21.5. The largest absolute Gasteiger partial charge is 0.394 e. The van der Waals surface area contributed by atoms with Crippen LogP contribution in [0.1, 0.15) is 43.0 Å². The highest BCUT2D eigenvalue weighted by Crippen LogP contribution is 2.43. The lowest BCUT2D eigenvalue weighted by atomic mass is 9.88. The summed E-state index contributed by atoms with van der Waals surface area (Å²) < 4.78 is 7.77. The van der Waals surface area contributed by atoms with Crippen LogP contribution in [0.4, 0.5) is 0 Å². The molecule has 0 spiro atoms. The minimum atomic E-state index is -1.69. The van der Waals surface area contributed by atoms with E-state index in [1.54, 1.807) is 41.2 Å². The van der Waals surface area contributed by atoms with Gasteiger partial charge in [0.25, 0.3) is 0 Å². The zero-order valence-electron chi connectivity index (χ0n) is 16.6. The van der Waals surface area contributed by atoms with E-state index < -0.39 is 30.1 Å². The summed E-state index contributed by atoms with van der Waals surface area (Å²) in [5.74, 6) is 0.439. The molecular weight excluding hydrogens is 410 g/mol. The van der Waals surface area contributed by atoms with Crippen molar-refractivity contribution in [1.29, 1.82) is 0 Å². The van der Waals surface area contributed by atoms with Gasteiger partial charge >= 0.3 is 0 Å². The van der Waals surface area contributed by atoms with Crippen molar-refractivity contribution in [2.24, 2.45) is 10.1 Å². The fourth-order valence-corrected chi connectivity index (χ4v) is 4.02. The van der Waals surface area contributed by atoms with E-state index in [2.05, 4.69) is 10.1 Å². The van der Waals surface area contributed by atoms with Crippen LogP contribution in [0.3, 0.4) is 0 Å². The van der Waals surface area contributed by atoms with Gasteiger partial charge in [-0.2, -0.15) is 0 Å². The molecule has 2 aromatic rings. The molecular formula is C21H24ClN3O5. The van der Waals surface area contributed by atoms with E-state index in [4.69, 9.17) is 21.2 Å². The number of oxime groups is 1. The van der Waals surface area contributed by atoms with Crippen LogP contribution in [-0.2, 0) is 16.0 Å². The maximum absolute atomic E-state index is 11.0. The van der Waals surface area contributed by atoms with Gasteiger partial charge in [0.05, 0.1) is 0 Å². The zero-order valence-corrected chi connectivity index (χ0v) is 17.4. The van der Waals surface area contributed by atoms with Gasteiger partial charge in [0.2, 0.25) is 0 Å². The summed E-state index contributed by atoms with van der Waals surface area (Å²) in [6.07, 6.45) is -0.405. The average Bonchev–Trinajstić information content (AvgIpc) is 3.26. The molecule has 0 saturated carbocycles. The van der Waals surface area contributed by atoms with Crippen LogP contribution in [0.2, 0.25) is 5.02 Å². The average molecular weight is 434 g/mol. The number of aliphatic hydroxyl groups excluding tert-OH is 2. The molecule has 0 bridgehead atoms. The molecule has 160 valence electrons. The molecule has 2 aliphatic rings. The number of amidine groups is 1. The molecule has 1 saturated heterocycles. The summed E-state index contributed by atoms with van der Waals surface area (Å²) in [6, 6.07) is 8.45. The van der Waals surface area contributed by atoms with Crippen molar-refractivity contribution in [3.8, 4) is 0 Å². The van der Waals surface area contributed by atoms with Gasteiger partial charge in [-0.05, 0) is 37.6 Å². The van der Waals surface area contributed by atoms with Crippen LogP contribution < -0.4 is 0 Å². The van der Waals surface area contributed by atoms with Gasteiger partial charge in [-0.1, -0.05) is 28.9 Å². The van der Waals surface area contributed by atoms with Crippen molar-refractivity contribution < 1.29 is 24.9 Å². The lowest BCUT2D eigenvalue weighted by molar-refractivity contribution is -0.115. The van der Waals surface area contributed by atoms with Crippen molar-refractivity contribution in [2.75, 3.05) is 6.61 Å². The van der Waals surface area contributed by atoms with Gasteiger partial charge in [0.15, 0.2) is 12.1 Å². The normalized spacial score (nSPS) is 30.5. The molecule has 0 amide bonds. The Morgan fingerprint density at radius 3 is 2.80 bits per heavy atom. The number of hydrogen-bond acceptors (Lipinski definition) is 6. The molecule has 0 radical (unpaired) electrons. The molecule has 1 fully saturated rings. The van der Waals surface area contributed by atoms with Crippen molar-refractivity contribution in [3.63, 3.8) is 0 Å². The highest BCUT2D eigenvalue weighted by atomic mass is 35.5. The van der Waals surface area contributed by atoms with E-state index >= 15 is 0 Å². The van der Waals surface area contributed by atoms with Crippen LogP contribution in [0, 0.1) is 0 Å². The maximum Gasteiger partial charge on any atom is 0.200 e. The van der Waals surface area contributed by atoms with Gasteiger partial charge in [0, 0.05) is 35.1 Å². The van der Waals surface area contributed by atoms with Crippen LogP contribution in [-0.4, -0.2) is 56.4 Å². The van der Waals surface area contributed by atoms with E-state index in [-0.39, 0.29) is 0 Å². The topological polar surface area (TPSA) is 109 Å². The van der Waals surface area contributed by atoms with Gasteiger partial charge in [-0.15, -0.1) is 0 Å². The number of hydrogen-bond donors (Lipinski definition) is 3. The number of aliphatic imine (C=N–C) groups is 1. The SMILES string of the molecule is CCO/N=C1/N=CCc2c1ccn2[C@@H]1O[C@H]([C@H](O)c2ccc(Cl)cc2)[C@@](C)(O)[C@H]1O. The number of aliphatic hydroxyl groups is 3. The van der Waals surface area contributed by atoms with Crippen molar-refractivity contribution >= 4 is 23.7 Å². The quantitative estimate of drug-likeness (QED) is 0.626. The number of nitrogens with zero attached hydrogens (tertiary/aromatic N) is 3. The lowest BCUT2D eigenvalue weighted by Gasteiger charge is -2.29. The number of fused-ring (bicyclic) bond motifs is 1. The van der Waals surface area contributed by atoms with Crippen LogP contribution in [0.25, 0.3) is 0 Å². The first kappa shape index (κ1) is 21.0. The van der Waals surface area contributed by atoms with Gasteiger partial charge in [-0.25, -0.2) is 4.99 Å². The number of rotatable bonds is 5. The van der Waals surface area contributed by atoms with E-state index in [0.29, 0.717) is 29.4 Å². The highest BCUT2D eigenvalue weighted by molar-refractivity contribution is 6.30. The molecule has 1 aromatic heterocycles. The second-order valence-electron chi connectivity index (χ2n) is 7.55. The molecule has 3 heterocycles. The molecule has 8 nitrogen and oxygen atoms in total. The number of ether oxygens (including phenoxy) is 1. The molecule has 9 heteroatoms. The molecule has 0 unspecified atom stereocenters. The Labute approximate surface area is 179 Å². The second kappa shape index (κ2) is 8.13. The van der Waals surface area contributed by atoms with Crippen molar-refractivity contribution in [3.05, 3.63) is 58.4 Å². The third-order valence-corrected chi connectivity index (χ3v) is 5.80. The van der Waals surface area contributed by atoms with Gasteiger partial charge in [-0.3, -0.25) is 0 Å². The molecule has 30 heavy (non-hydrogen) atoms. The van der Waals surface area contributed by atoms with E-state index in [1.807, 2.05) is 13.0 Å². The molecule has 1 aromatic carbocycles. The summed E-state index contributed by atoms with van der Waals surface area (Å²) in [5.41, 5.74) is 0.435. The maximum atomic E-state index is 11.0. The van der Waals surface area contributed by atoms with Crippen molar-refractivity contribution in [1.82, 2.24) is 4.57 Å². The number of halogens is 1. The number of aromatic nitrogens is 1. The minimum Gasteiger partial charge on any atom is -0.394 e. The Morgan fingerprint density at radius 1 is 1.37 bits per heavy atom. The highest BCUT2D eigenvalue weighted by Gasteiger charge is 2.56. The molecule has 3 N–H and O–H groups in total. The van der Waals surface area contributed by atoms with E-state index in [9.17, 15) is 15.3 Å². The number of benzene rings is 1. The first-order valence-corrected chi connectivity index (χ1v) is 10.1. The first-order valence-electron chi connectivity index (χ1n) is 9.76. The molecule has 2 aliphatic heterocycles. The Morgan fingerprint density at radius 2 is 2.10 bits per heavy atom. The Bertz CT molecular complexity index is 970. The fourth-order valence-electron chi connectivity index (χ4n) is 3.89. The standard InChI is InChI=1S/C21H24ClN3O5/c1-3-29-24-19-14-9-11-25(15(14)8-10-23-19)20-17(27)21(2,28)18(30-20)16(26)12-4-6-13(22)7-5-12/h4-7,9-11,16-18,20,26-28H,3,8H2,1-2H3/b24-19+/t16-,17+,18-,20-,21+/m1/s1. The summed E-state index contributed by atoms with van der Waals surface area (Å²) in [7, 11) is 0. The Kier molecular flexibility index (Phi) is 5.69. The summed E-state index contributed by atoms with van der Waals surface area (Å²) in [5, 5.41) is 37.3. The summed E-state index contributed by atoms with van der Waals surface area (Å²) >= 11 is 5.92. The smallest absolute Gasteiger partial charge is 0.200 e. The van der Waals surface area contributed by atoms with Gasteiger partial charge < -0.3 is 29.5 Å². The van der Waals surface area contributed by atoms with Gasteiger partial charge in [0.1, 0.15) is 30.5 Å². The van der Waals surface area contributed by atoms with Crippen LogP contribution in [0.15, 0.2) is 46.7 Å². The minimum absolute atomic E-state index is 0.423. The molecule has 5 atom stereocenters. The summed E-state index contributed by atoms with van der Waals surface area (Å²) in [6.45, 7) is 3.72. The fraction of sp³-hybridized carbons (Fsp3) is 0.429. The molecule has 4 rings (SSSR count). The van der Waals surface area contributed by atoms with E-state index in [1.165, 1.54) is 6.92 Å². The monoisotopic (exact) mass is 433 g/mol. The van der Waals surface area contributed by atoms with Crippen LogP contribution in [0.5, 0.6) is 0 Å². The second-order valence-corrected chi connectivity index (χ2v) is 7.98. The first-order chi connectivity index (χ1) is 14.3.